The summed E-state index contributed by atoms with van der Waals surface area (Å²) in [4.78, 5) is 0. The highest BCUT2D eigenvalue weighted by Crippen LogP contribution is 2.30. The minimum Gasteiger partial charge on any atom is -0.497 e. The monoisotopic (exact) mass is 452 g/mol. The fourth-order valence-electron chi connectivity index (χ4n) is 2.63. The third kappa shape index (κ3) is 5.96. The molecule has 10 heteroatoms. The number of halogens is 1. The first-order valence-corrected chi connectivity index (χ1v) is 12.1. The van der Waals surface area contributed by atoms with Gasteiger partial charge in [0.05, 0.1) is 13.4 Å². The summed E-state index contributed by atoms with van der Waals surface area (Å²) in [5.41, 5.74) is 1.76. The lowest BCUT2D eigenvalue weighted by Gasteiger charge is -2.11. The van der Waals surface area contributed by atoms with E-state index in [9.17, 15) is 8.42 Å². The molecule has 0 aliphatic heterocycles. The number of methoxy groups -OCH3 is 1. The van der Waals surface area contributed by atoms with Crippen LogP contribution in [0.5, 0.6) is 5.75 Å². The van der Waals surface area contributed by atoms with Gasteiger partial charge in [0.15, 0.2) is 11.0 Å². The van der Waals surface area contributed by atoms with Crippen molar-refractivity contribution in [3.8, 4) is 22.8 Å². The molecule has 1 N–H and O–H groups in total. The van der Waals surface area contributed by atoms with Crippen LogP contribution in [0.3, 0.4) is 0 Å². The molecule has 0 fully saturated rings. The molecule has 0 unspecified atom stereocenters. The topological polar surface area (TPSA) is 86.1 Å². The number of nitrogens with zero attached hydrogens (tertiary/aromatic N) is 3. The van der Waals surface area contributed by atoms with Gasteiger partial charge in [-0.05, 0) is 42.8 Å². The summed E-state index contributed by atoms with van der Waals surface area (Å²) in [6.07, 6.45) is 1.82. The van der Waals surface area contributed by atoms with Crippen molar-refractivity contribution in [3.63, 3.8) is 0 Å². The molecule has 0 amide bonds. The summed E-state index contributed by atoms with van der Waals surface area (Å²) < 4.78 is 32.1. The molecule has 0 spiro atoms. The summed E-state index contributed by atoms with van der Waals surface area (Å²) in [5, 5.41) is 10.1. The average Bonchev–Trinajstić information content (AvgIpc) is 3.11. The molecule has 2 aromatic carbocycles. The minimum absolute atomic E-state index is 0.379. The second-order valence-corrected chi connectivity index (χ2v) is 9.55. The molecule has 0 aliphatic carbocycles. The van der Waals surface area contributed by atoms with Crippen molar-refractivity contribution < 1.29 is 13.2 Å². The molecule has 7 nitrogen and oxygen atoms in total. The maximum absolute atomic E-state index is 11.2. The highest BCUT2D eigenvalue weighted by molar-refractivity contribution is 7.99. The maximum Gasteiger partial charge on any atom is 0.208 e. The van der Waals surface area contributed by atoms with Gasteiger partial charge in [-0.25, -0.2) is 13.1 Å². The lowest BCUT2D eigenvalue weighted by atomic mass is 10.2. The standard InChI is InChI=1S/C19H21ClN4O3S2/c1-27-17-6-3-5-14(13-17)18-22-23-19(28-12-4-11-21-29(2,25)26)24(18)16-9-7-15(20)8-10-16/h3,5-10,13,21H,4,11-12H2,1-2H3. The predicted octanol–water partition coefficient (Wildman–Crippen LogP) is 3.63. The van der Waals surface area contributed by atoms with Crippen molar-refractivity contribution in [1.29, 1.82) is 0 Å². The highest BCUT2D eigenvalue weighted by Gasteiger charge is 2.16. The van der Waals surface area contributed by atoms with E-state index in [4.69, 9.17) is 16.3 Å². The van der Waals surface area contributed by atoms with E-state index in [0.29, 0.717) is 34.7 Å². The predicted molar refractivity (Wildman–Crippen MR) is 117 cm³/mol. The van der Waals surface area contributed by atoms with Crippen molar-refractivity contribution in [2.45, 2.75) is 11.6 Å². The molecule has 1 heterocycles. The Hall–Kier alpha value is -2.07. The van der Waals surface area contributed by atoms with Gasteiger partial charge in [0.25, 0.3) is 0 Å². The molecule has 1 aromatic heterocycles. The molecule has 0 aliphatic rings. The third-order valence-electron chi connectivity index (χ3n) is 3.96. The highest BCUT2D eigenvalue weighted by atomic mass is 35.5. The zero-order chi connectivity index (χ0) is 20.9. The van der Waals surface area contributed by atoms with Crippen LogP contribution in [-0.4, -0.2) is 48.8 Å². The number of hydrogen-bond acceptors (Lipinski definition) is 6. The number of nitrogens with one attached hydrogen (secondary N) is 1. The van der Waals surface area contributed by atoms with Crippen LogP contribution in [0.15, 0.2) is 53.7 Å². The maximum atomic E-state index is 11.2. The number of ether oxygens (including phenoxy) is 1. The Morgan fingerprint density at radius 2 is 1.93 bits per heavy atom. The Labute approximate surface area is 179 Å². The van der Waals surface area contributed by atoms with Gasteiger partial charge in [-0.2, -0.15) is 0 Å². The van der Waals surface area contributed by atoms with Crippen LogP contribution < -0.4 is 9.46 Å². The van der Waals surface area contributed by atoms with Gasteiger partial charge in [-0.15, -0.1) is 10.2 Å². The zero-order valence-electron chi connectivity index (χ0n) is 16.0. The molecule has 154 valence electrons. The summed E-state index contributed by atoms with van der Waals surface area (Å²) in [5.74, 6) is 2.10. The van der Waals surface area contributed by atoms with E-state index in [1.807, 2.05) is 53.1 Å². The van der Waals surface area contributed by atoms with Crippen molar-refractivity contribution in [1.82, 2.24) is 19.5 Å². The van der Waals surface area contributed by atoms with E-state index in [1.165, 1.54) is 11.8 Å². The first-order chi connectivity index (χ1) is 13.9. The zero-order valence-corrected chi connectivity index (χ0v) is 18.4. The van der Waals surface area contributed by atoms with Crippen LogP contribution in [0.2, 0.25) is 5.02 Å². The Morgan fingerprint density at radius 1 is 1.17 bits per heavy atom. The number of benzene rings is 2. The molecule has 3 rings (SSSR count). The summed E-state index contributed by atoms with van der Waals surface area (Å²) in [6, 6.07) is 15.1. The number of hydrogen-bond donors (Lipinski definition) is 1. The Morgan fingerprint density at radius 3 is 2.62 bits per heavy atom. The van der Waals surface area contributed by atoms with Crippen LogP contribution in [-0.2, 0) is 10.0 Å². The van der Waals surface area contributed by atoms with E-state index < -0.39 is 10.0 Å². The van der Waals surface area contributed by atoms with Crippen LogP contribution >= 0.6 is 23.4 Å². The van der Waals surface area contributed by atoms with Crippen LogP contribution in [0, 0.1) is 0 Å². The number of rotatable bonds is 9. The molecular formula is C19H21ClN4O3S2. The Kier molecular flexibility index (Phi) is 7.18. The lowest BCUT2D eigenvalue weighted by Crippen LogP contribution is -2.23. The SMILES string of the molecule is COc1cccc(-c2nnc(SCCCNS(C)(=O)=O)n2-c2ccc(Cl)cc2)c1. The third-order valence-corrected chi connectivity index (χ3v) is 5.96. The number of sulfonamides is 1. The van der Waals surface area contributed by atoms with Gasteiger partial charge in [0, 0.05) is 28.6 Å². The van der Waals surface area contributed by atoms with Gasteiger partial charge in [0.2, 0.25) is 10.0 Å². The van der Waals surface area contributed by atoms with Gasteiger partial charge in [-0.1, -0.05) is 35.5 Å². The Bertz CT molecular complexity index is 1070. The largest absolute Gasteiger partial charge is 0.497 e. The summed E-state index contributed by atoms with van der Waals surface area (Å²) >= 11 is 7.56. The van der Waals surface area contributed by atoms with Gasteiger partial charge < -0.3 is 4.74 Å². The van der Waals surface area contributed by atoms with Crippen molar-refractivity contribution in [2.24, 2.45) is 0 Å². The van der Waals surface area contributed by atoms with Gasteiger partial charge in [-0.3, -0.25) is 4.57 Å². The molecular weight excluding hydrogens is 432 g/mol. The normalized spacial score (nSPS) is 11.6. The molecule has 29 heavy (non-hydrogen) atoms. The molecule has 0 saturated heterocycles. The van der Waals surface area contributed by atoms with Gasteiger partial charge in [0.1, 0.15) is 5.75 Å². The summed E-state index contributed by atoms with van der Waals surface area (Å²) in [7, 11) is -1.56. The van der Waals surface area contributed by atoms with E-state index in [-0.39, 0.29) is 0 Å². The van der Waals surface area contributed by atoms with Crippen LogP contribution in [0.1, 0.15) is 6.42 Å². The smallest absolute Gasteiger partial charge is 0.208 e. The van der Waals surface area contributed by atoms with Crippen molar-refractivity contribution in [3.05, 3.63) is 53.6 Å². The first kappa shape index (κ1) is 21.6. The number of thioether (sulfide) groups is 1. The van der Waals surface area contributed by atoms with E-state index in [0.717, 1.165) is 23.3 Å². The van der Waals surface area contributed by atoms with Crippen LogP contribution in [0.25, 0.3) is 17.1 Å². The molecule has 0 radical (unpaired) electrons. The molecule has 0 bridgehead atoms. The lowest BCUT2D eigenvalue weighted by molar-refractivity contribution is 0.415. The second-order valence-electron chi connectivity index (χ2n) is 6.22. The number of aromatic nitrogens is 3. The van der Waals surface area contributed by atoms with Gasteiger partial charge >= 0.3 is 0 Å². The molecule has 3 aromatic rings. The minimum atomic E-state index is -3.18. The molecule has 0 atom stereocenters. The van der Waals surface area contributed by atoms with E-state index in [2.05, 4.69) is 14.9 Å². The Balaban J connectivity index is 1.88. The van der Waals surface area contributed by atoms with E-state index in [1.54, 1.807) is 7.11 Å². The second kappa shape index (κ2) is 9.62. The molecule has 0 saturated carbocycles. The summed E-state index contributed by atoms with van der Waals surface area (Å²) in [6.45, 7) is 0.379. The fourth-order valence-corrected chi connectivity index (χ4v) is 4.16. The van der Waals surface area contributed by atoms with E-state index >= 15 is 0 Å². The average molecular weight is 453 g/mol. The first-order valence-electron chi connectivity index (χ1n) is 8.80. The van der Waals surface area contributed by atoms with Crippen molar-refractivity contribution in [2.75, 3.05) is 25.7 Å². The quantitative estimate of drug-likeness (QED) is 0.394. The van der Waals surface area contributed by atoms with Crippen LogP contribution in [0.4, 0.5) is 0 Å². The van der Waals surface area contributed by atoms with Crippen molar-refractivity contribution >= 4 is 33.4 Å². The fraction of sp³-hybridized carbons (Fsp3) is 0.263.